The molecule has 1 aromatic carbocycles. The molecule has 0 saturated heterocycles. The zero-order chi connectivity index (χ0) is 13.9. The zero-order valence-corrected chi connectivity index (χ0v) is 11.5. The lowest BCUT2D eigenvalue weighted by Crippen LogP contribution is -1.89. The van der Waals surface area contributed by atoms with Crippen LogP contribution >= 0.6 is 0 Å². The van der Waals surface area contributed by atoms with Crippen LogP contribution in [0.3, 0.4) is 0 Å². The van der Waals surface area contributed by atoms with E-state index in [0.717, 1.165) is 33.8 Å². The highest BCUT2D eigenvalue weighted by Crippen LogP contribution is 2.22. The first-order valence-corrected chi connectivity index (χ1v) is 6.54. The van der Waals surface area contributed by atoms with E-state index in [1.807, 2.05) is 50.6 Å². The van der Waals surface area contributed by atoms with Crippen LogP contribution in [0.2, 0.25) is 0 Å². The number of benzene rings is 1. The Morgan fingerprint density at radius 1 is 0.600 bits per heavy atom. The molecule has 2 heterocycles. The van der Waals surface area contributed by atoms with Crippen LogP contribution in [0.1, 0.15) is 11.3 Å². The van der Waals surface area contributed by atoms with Gasteiger partial charge in [0, 0.05) is 35.4 Å². The van der Waals surface area contributed by atoms with E-state index >= 15 is 0 Å². The van der Waals surface area contributed by atoms with E-state index in [-0.39, 0.29) is 0 Å². The van der Waals surface area contributed by atoms with Gasteiger partial charge in [0.2, 0.25) is 0 Å². The van der Waals surface area contributed by atoms with Gasteiger partial charge in [0.05, 0.1) is 0 Å². The van der Waals surface area contributed by atoms with E-state index in [1.54, 1.807) is 0 Å². The van der Waals surface area contributed by atoms with Crippen LogP contribution in [-0.2, 0) is 0 Å². The molecule has 0 saturated carbocycles. The summed E-state index contributed by atoms with van der Waals surface area (Å²) in [6.07, 6.45) is 5.56. The van der Waals surface area contributed by atoms with Gasteiger partial charge in [-0.15, -0.1) is 0 Å². The van der Waals surface area contributed by atoms with E-state index < -0.39 is 0 Å². The maximum absolute atomic E-state index is 4.34. The lowest BCUT2D eigenvalue weighted by atomic mass is 10.1. The number of aromatic nitrogens is 3. The molecule has 0 unspecified atom stereocenters. The Bertz CT molecular complexity index is 634. The van der Waals surface area contributed by atoms with Gasteiger partial charge < -0.3 is 0 Å². The monoisotopic (exact) mass is 261 g/mol. The average Bonchev–Trinajstić information content (AvgIpc) is 2.49. The molecule has 0 spiro atoms. The SMILES string of the molecule is Cc1cnc(-c2ccc(-c3ccc(C)nc3)cc2)nc1. The van der Waals surface area contributed by atoms with E-state index in [0.29, 0.717) is 0 Å². The quantitative estimate of drug-likeness (QED) is 0.704. The van der Waals surface area contributed by atoms with Crippen molar-refractivity contribution in [1.29, 1.82) is 0 Å². The van der Waals surface area contributed by atoms with E-state index in [9.17, 15) is 0 Å². The molecule has 0 fully saturated rings. The number of aryl methyl sites for hydroxylation is 2. The highest BCUT2D eigenvalue weighted by atomic mass is 14.9. The maximum atomic E-state index is 4.34. The average molecular weight is 261 g/mol. The molecule has 3 nitrogen and oxygen atoms in total. The first-order chi connectivity index (χ1) is 9.72. The minimum absolute atomic E-state index is 0.754. The van der Waals surface area contributed by atoms with Gasteiger partial charge in [0.15, 0.2) is 5.82 Å². The second kappa shape index (κ2) is 5.21. The minimum atomic E-state index is 0.754. The molecular formula is C17H15N3. The molecule has 0 aliphatic rings. The van der Waals surface area contributed by atoms with Gasteiger partial charge in [-0.1, -0.05) is 30.3 Å². The minimum Gasteiger partial charge on any atom is -0.261 e. The first-order valence-electron chi connectivity index (χ1n) is 6.54. The normalized spacial score (nSPS) is 10.5. The van der Waals surface area contributed by atoms with Crippen LogP contribution in [0.25, 0.3) is 22.5 Å². The summed E-state index contributed by atoms with van der Waals surface area (Å²) in [5.74, 6) is 0.754. The molecule has 3 heteroatoms. The standard InChI is InChI=1S/C17H15N3/c1-12-9-19-17(20-10-12)15-7-5-14(6-8-15)16-4-3-13(2)18-11-16/h3-11H,1-2H3. The fourth-order valence-electron chi connectivity index (χ4n) is 1.99. The van der Waals surface area contributed by atoms with Crippen molar-refractivity contribution < 1.29 is 0 Å². The molecular weight excluding hydrogens is 246 g/mol. The summed E-state index contributed by atoms with van der Waals surface area (Å²) < 4.78 is 0. The van der Waals surface area contributed by atoms with Crippen molar-refractivity contribution in [2.45, 2.75) is 13.8 Å². The fourth-order valence-corrected chi connectivity index (χ4v) is 1.99. The van der Waals surface area contributed by atoms with Gasteiger partial charge in [0.1, 0.15) is 0 Å². The van der Waals surface area contributed by atoms with Crippen molar-refractivity contribution in [3.63, 3.8) is 0 Å². The summed E-state index contributed by atoms with van der Waals surface area (Å²) in [5.41, 5.74) is 5.38. The fraction of sp³-hybridized carbons (Fsp3) is 0.118. The molecule has 0 amide bonds. The van der Waals surface area contributed by atoms with E-state index in [2.05, 4.69) is 33.2 Å². The highest BCUT2D eigenvalue weighted by molar-refractivity contribution is 5.67. The third kappa shape index (κ3) is 2.57. The van der Waals surface area contributed by atoms with Crippen LogP contribution in [0.15, 0.2) is 55.0 Å². The number of hydrogen-bond acceptors (Lipinski definition) is 3. The Labute approximate surface area is 118 Å². The van der Waals surface area contributed by atoms with Gasteiger partial charge in [-0.05, 0) is 31.0 Å². The zero-order valence-electron chi connectivity index (χ0n) is 11.5. The Hall–Kier alpha value is -2.55. The van der Waals surface area contributed by atoms with Crippen molar-refractivity contribution in [3.05, 3.63) is 66.2 Å². The summed E-state index contributed by atoms with van der Waals surface area (Å²) in [4.78, 5) is 13.0. The predicted octanol–water partition coefficient (Wildman–Crippen LogP) is 3.82. The van der Waals surface area contributed by atoms with Crippen LogP contribution in [0, 0.1) is 13.8 Å². The van der Waals surface area contributed by atoms with Gasteiger partial charge in [-0.2, -0.15) is 0 Å². The molecule has 3 rings (SSSR count). The lowest BCUT2D eigenvalue weighted by Gasteiger charge is -2.04. The molecule has 0 atom stereocenters. The smallest absolute Gasteiger partial charge is 0.159 e. The van der Waals surface area contributed by atoms with Crippen molar-refractivity contribution in [3.8, 4) is 22.5 Å². The number of rotatable bonds is 2. The first kappa shape index (κ1) is 12.5. The van der Waals surface area contributed by atoms with E-state index in [4.69, 9.17) is 0 Å². The molecule has 0 aliphatic carbocycles. The number of nitrogens with zero attached hydrogens (tertiary/aromatic N) is 3. The summed E-state index contributed by atoms with van der Waals surface area (Å²) in [6, 6.07) is 12.3. The molecule has 20 heavy (non-hydrogen) atoms. The van der Waals surface area contributed by atoms with Crippen LogP contribution < -0.4 is 0 Å². The third-order valence-electron chi connectivity index (χ3n) is 3.17. The Morgan fingerprint density at radius 2 is 1.20 bits per heavy atom. The predicted molar refractivity (Wildman–Crippen MR) is 80.2 cm³/mol. The van der Waals surface area contributed by atoms with Gasteiger partial charge >= 0.3 is 0 Å². The van der Waals surface area contributed by atoms with E-state index in [1.165, 1.54) is 0 Å². The second-order valence-corrected chi connectivity index (χ2v) is 4.85. The Balaban J connectivity index is 1.91. The van der Waals surface area contributed by atoms with Gasteiger partial charge in [-0.25, -0.2) is 9.97 Å². The largest absolute Gasteiger partial charge is 0.261 e. The van der Waals surface area contributed by atoms with Crippen molar-refractivity contribution in [2.75, 3.05) is 0 Å². The maximum Gasteiger partial charge on any atom is 0.159 e. The Morgan fingerprint density at radius 3 is 1.80 bits per heavy atom. The molecule has 0 bridgehead atoms. The molecule has 2 aromatic heterocycles. The lowest BCUT2D eigenvalue weighted by molar-refractivity contribution is 1.14. The summed E-state index contributed by atoms with van der Waals surface area (Å²) in [6.45, 7) is 3.97. The van der Waals surface area contributed by atoms with Gasteiger partial charge in [-0.3, -0.25) is 4.98 Å². The number of hydrogen-bond donors (Lipinski definition) is 0. The molecule has 0 aliphatic heterocycles. The van der Waals surface area contributed by atoms with Crippen molar-refractivity contribution in [1.82, 2.24) is 15.0 Å². The summed E-state index contributed by atoms with van der Waals surface area (Å²) >= 11 is 0. The van der Waals surface area contributed by atoms with Crippen LogP contribution in [0.5, 0.6) is 0 Å². The second-order valence-electron chi connectivity index (χ2n) is 4.85. The highest BCUT2D eigenvalue weighted by Gasteiger charge is 2.02. The molecule has 0 radical (unpaired) electrons. The van der Waals surface area contributed by atoms with Crippen molar-refractivity contribution in [2.24, 2.45) is 0 Å². The van der Waals surface area contributed by atoms with Crippen molar-refractivity contribution >= 4 is 0 Å². The topological polar surface area (TPSA) is 38.7 Å². The number of pyridine rings is 1. The molecule has 3 aromatic rings. The third-order valence-corrected chi connectivity index (χ3v) is 3.17. The summed E-state index contributed by atoms with van der Waals surface area (Å²) in [5, 5.41) is 0. The van der Waals surface area contributed by atoms with Gasteiger partial charge in [0.25, 0.3) is 0 Å². The Kier molecular flexibility index (Phi) is 3.25. The van der Waals surface area contributed by atoms with Crippen LogP contribution in [-0.4, -0.2) is 15.0 Å². The summed E-state index contributed by atoms with van der Waals surface area (Å²) in [7, 11) is 0. The van der Waals surface area contributed by atoms with Crippen LogP contribution in [0.4, 0.5) is 0 Å². The molecule has 98 valence electrons. The molecule has 0 N–H and O–H groups in total.